The zero-order valence-electron chi connectivity index (χ0n) is 13.6. The number of hydrogen-bond donors (Lipinski definition) is 0. The third kappa shape index (κ3) is 3.22. The Labute approximate surface area is 148 Å². The van der Waals surface area contributed by atoms with E-state index in [-0.39, 0.29) is 16.8 Å². The number of nitrogens with zero attached hydrogens (tertiary/aromatic N) is 4. The normalized spacial score (nSPS) is 17.2. The summed E-state index contributed by atoms with van der Waals surface area (Å²) < 4.78 is 7.29. The number of hydrogen-bond acceptors (Lipinski definition) is 6. The fraction of sp³-hybridized carbons (Fsp3) is 0.353. The van der Waals surface area contributed by atoms with E-state index in [2.05, 4.69) is 4.98 Å². The average molecular weight is 358 g/mol. The van der Waals surface area contributed by atoms with Crippen molar-refractivity contribution in [3.8, 4) is 0 Å². The van der Waals surface area contributed by atoms with Gasteiger partial charge in [-0.3, -0.25) is 0 Å². The molecule has 0 amide bonds. The van der Waals surface area contributed by atoms with Crippen LogP contribution >= 0.6 is 11.3 Å². The molecule has 0 saturated carbocycles. The molecule has 0 N–H and O–H groups in total. The van der Waals surface area contributed by atoms with Crippen LogP contribution in [0.2, 0.25) is 0 Å². The van der Waals surface area contributed by atoms with Gasteiger partial charge in [-0.1, -0.05) is 12.1 Å². The highest BCUT2D eigenvalue weighted by Gasteiger charge is 2.29. The lowest BCUT2D eigenvalue weighted by atomic mass is 10.2. The van der Waals surface area contributed by atoms with E-state index in [1.165, 1.54) is 4.40 Å². The summed E-state index contributed by atoms with van der Waals surface area (Å²) in [6.45, 7) is 1.94. The number of ether oxygens (including phenoxy) is 1. The summed E-state index contributed by atoms with van der Waals surface area (Å²) >= 11 is 1.64. The molecule has 8 heteroatoms. The maximum atomic E-state index is 11.7. The van der Waals surface area contributed by atoms with Crippen LogP contribution in [0, 0.1) is 10.1 Å². The summed E-state index contributed by atoms with van der Waals surface area (Å²) in [7, 11) is 0. The number of nitro groups is 1. The summed E-state index contributed by atoms with van der Waals surface area (Å²) in [6, 6.07) is 9.41. The number of rotatable bonds is 6. The molecule has 25 heavy (non-hydrogen) atoms. The lowest BCUT2D eigenvalue weighted by molar-refractivity contribution is -0.389. The molecule has 1 aliphatic rings. The summed E-state index contributed by atoms with van der Waals surface area (Å²) in [4.78, 5) is 19.1. The number of imidazole rings is 1. The van der Waals surface area contributed by atoms with Crippen molar-refractivity contribution in [2.45, 2.75) is 25.5 Å². The van der Waals surface area contributed by atoms with Crippen LogP contribution in [-0.4, -0.2) is 33.6 Å². The van der Waals surface area contributed by atoms with Crippen molar-refractivity contribution in [1.82, 2.24) is 9.38 Å². The van der Waals surface area contributed by atoms with E-state index in [0.717, 1.165) is 24.3 Å². The molecule has 0 unspecified atom stereocenters. The largest absolute Gasteiger partial charge is 0.376 e. The number of aromatic nitrogens is 2. The standard InChI is InChI=1S/C17H18N4O3S/c22-21(23)17-16(18-15-7-1-2-8-20(15)17)19(11-13-5-3-9-24-13)12-14-6-4-10-25-14/h1-2,4,6-8,10,13H,3,5,9,11-12H2/t13-/m1/s1. The number of thiophene rings is 1. The van der Waals surface area contributed by atoms with E-state index in [9.17, 15) is 10.1 Å². The molecule has 3 aromatic rings. The van der Waals surface area contributed by atoms with E-state index in [4.69, 9.17) is 4.74 Å². The van der Waals surface area contributed by atoms with Gasteiger partial charge in [0.15, 0.2) is 0 Å². The Balaban J connectivity index is 1.76. The van der Waals surface area contributed by atoms with E-state index in [1.54, 1.807) is 29.7 Å². The second-order valence-electron chi connectivity index (χ2n) is 6.04. The molecule has 0 aromatic carbocycles. The van der Waals surface area contributed by atoms with Crippen molar-refractivity contribution in [3.63, 3.8) is 0 Å². The van der Waals surface area contributed by atoms with Crippen LogP contribution in [0.3, 0.4) is 0 Å². The molecule has 0 bridgehead atoms. The fourth-order valence-electron chi connectivity index (χ4n) is 3.20. The molecule has 0 radical (unpaired) electrons. The van der Waals surface area contributed by atoms with Crippen molar-refractivity contribution in [3.05, 3.63) is 56.9 Å². The van der Waals surface area contributed by atoms with Crippen LogP contribution in [0.15, 0.2) is 41.9 Å². The summed E-state index contributed by atoms with van der Waals surface area (Å²) in [5, 5.41) is 13.7. The van der Waals surface area contributed by atoms with Crippen LogP contribution in [0.5, 0.6) is 0 Å². The monoisotopic (exact) mass is 358 g/mol. The van der Waals surface area contributed by atoms with Crippen LogP contribution in [-0.2, 0) is 11.3 Å². The van der Waals surface area contributed by atoms with Crippen LogP contribution in [0.4, 0.5) is 11.6 Å². The Hall–Kier alpha value is -2.45. The molecule has 0 spiro atoms. The van der Waals surface area contributed by atoms with Gasteiger partial charge in [0, 0.05) is 24.1 Å². The van der Waals surface area contributed by atoms with Gasteiger partial charge in [-0.2, -0.15) is 9.38 Å². The Morgan fingerprint density at radius 3 is 3.04 bits per heavy atom. The SMILES string of the molecule is O=[N+]([O-])c1c(N(Cc2cccs2)C[C@H]2CCCO2)nc2ccccn12. The number of fused-ring (bicyclic) bond motifs is 1. The topological polar surface area (TPSA) is 72.9 Å². The first-order valence-corrected chi connectivity index (χ1v) is 9.11. The second-order valence-corrected chi connectivity index (χ2v) is 7.07. The van der Waals surface area contributed by atoms with Crippen molar-refractivity contribution < 1.29 is 9.66 Å². The third-order valence-corrected chi connectivity index (χ3v) is 5.20. The Kier molecular flexibility index (Phi) is 4.37. The second kappa shape index (κ2) is 6.81. The number of pyridine rings is 1. The minimum absolute atomic E-state index is 0.00477. The van der Waals surface area contributed by atoms with E-state index >= 15 is 0 Å². The average Bonchev–Trinajstić information content (AvgIpc) is 3.34. The Bertz CT molecular complexity index is 871. The van der Waals surface area contributed by atoms with Gasteiger partial charge in [-0.25, -0.2) is 0 Å². The van der Waals surface area contributed by atoms with Crippen molar-refractivity contribution >= 4 is 28.6 Å². The molecule has 1 atom stereocenters. The minimum atomic E-state index is -0.355. The lowest BCUT2D eigenvalue weighted by Crippen LogP contribution is -2.32. The maximum absolute atomic E-state index is 11.7. The molecule has 4 heterocycles. The van der Waals surface area contributed by atoms with Gasteiger partial charge in [0.25, 0.3) is 0 Å². The summed E-state index contributed by atoms with van der Waals surface area (Å²) in [5.74, 6) is 0.408. The fourth-order valence-corrected chi connectivity index (χ4v) is 3.92. The minimum Gasteiger partial charge on any atom is -0.376 e. The lowest BCUT2D eigenvalue weighted by Gasteiger charge is -2.24. The zero-order chi connectivity index (χ0) is 17.2. The number of anilines is 1. The summed E-state index contributed by atoms with van der Waals surface area (Å²) in [6.07, 6.45) is 3.77. The van der Waals surface area contributed by atoms with Crippen LogP contribution in [0.1, 0.15) is 17.7 Å². The van der Waals surface area contributed by atoms with Crippen LogP contribution < -0.4 is 4.90 Å². The van der Waals surface area contributed by atoms with Crippen molar-refractivity contribution in [1.29, 1.82) is 0 Å². The molecule has 4 rings (SSSR count). The summed E-state index contributed by atoms with van der Waals surface area (Å²) in [5.41, 5.74) is 0.577. The predicted molar refractivity (Wildman–Crippen MR) is 96.2 cm³/mol. The van der Waals surface area contributed by atoms with Gasteiger partial charge < -0.3 is 19.8 Å². The van der Waals surface area contributed by atoms with E-state index in [0.29, 0.717) is 24.6 Å². The maximum Gasteiger partial charge on any atom is 0.372 e. The van der Waals surface area contributed by atoms with Gasteiger partial charge in [0.1, 0.15) is 0 Å². The highest BCUT2D eigenvalue weighted by molar-refractivity contribution is 7.09. The molecule has 7 nitrogen and oxygen atoms in total. The van der Waals surface area contributed by atoms with Crippen LogP contribution in [0.25, 0.3) is 5.65 Å². The van der Waals surface area contributed by atoms with Gasteiger partial charge in [0.2, 0.25) is 11.5 Å². The van der Waals surface area contributed by atoms with Crippen molar-refractivity contribution in [2.24, 2.45) is 0 Å². The van der Waals surface area contributed by atoms with Gasteiger partial charge in [-0.15, -0.1) is 11.3 Å². The molecule has 130 valence electrons. The Morgan fingerprint density at radius 2 is 2.32 bits per heavy atom. The zero-order valence-corrected chi connectivity index (χ0v) is 14.4. The highest BCUT2D eigenvalue weighted by Crippen LogP contribution is 2.31. The molecule has 1 aliphatic heterocycles. The Morgan fingerprint density at radius 1 is 1.40 bits per heavy atom. The molecular weight excluding hydrogens is 340 g/mol. The third-order valence-electron chi connectivity index (χ3n) is 4.33. The smallest absolute Gasteiger partial charge is 0.372 e. The first-order valence-electron chi connectivity index (χ1n) is 8.23. The predicted octanol–water partition coefficient (Wildman–Crippen LogP) is 3.49. The van der Waals surface area contributed by atoms with E-state index < -0.39 is 0 Å². The van der Waals surface area contributed by atoms with Gasteiger partial charge in [0.05, 0.1) is 18.8 Å². The quantitative estimate of drug-likeness (QED) is 0.498. The van der Waals surface area contributed by atoms with Gasteiger partial charge >= 0.3 is 5.82 Å². The first kappa shape index (κ1) is 16.0. The molecular formula is C17H18N4O3S. The molecule has 3 aromatic heterocycles. The van der Waals surface area contributed by atoms with E-state index in [1.807, 2.05) is 28.5 Å². The highest BCUT2D eigenvalue weighted by atomic mass is 32.1. The first-order chi connectivity index (χ1) is 12.2. The molecule has 0 aliphatic carbocycles. The molecule has 1 fully saturated rings. The molecule has 1 saturated heterocycles. The van der Waals surface area contributed by atoms with Gasteiger partial charge in [-0.05, 0) is 35.3 Å². The van der Waals surface area contributed by atoms with Crippen molar-refractivity contribution in [2.75, 3.05) is 18.1 Å².